The molecule has 0 aromatic rings. The molecule has 0 radical (unpaired) electrons. The summed E-state index contributed by atoms with van der Waals surface area (Å²) in [5.41, 5.74) is -0.00394. The van der Waals surface area contributed by atoms with Crippen molar-refractivity contribution in [3.8, 4) is 0 Å². The molecule has 5 heteroatoms. The van der Waals surface area contributed by atoms with Crippen molar-refractivity contribution in [1.29, 1.82) is 0 Å². The van der Waals surface area contributed by atoms with E-state index in [-0.39, 0.29) is 12.0 Å². The molecular formula is C9H16O4Si. The minimum Gasteiger partial charge on any atom is -0.481 e. The molecule has 0 aromatic heterocycles. The van der Waals surface area contributed by atoms with Crippen LogP contribution < -0.4 is 0 Å². The van der Waals surface area contributed by atoms with Gasteiger partial charge in [0.2, 0.25) is 0 Å². The number of aliphatic carboxylic acids is 1. The van der Waals surface area contributed by atoms with Crippen LogP contribution >= 0.6 is 0 Å². The van der Waals surface area contributed by atoms with E-state index < -0.39 is 20.0 Å². The van der Waals surface area contributed by atoms with Gasteiger partial charge in [0, 0.05) is 5.57 Å². The Morgan fingerprint density at radius 3 is 2.21 bits per heavy atom. The van der Waals surface area contributed by atoms with E-state index in [1.807, 2.05) is 0 Å². The average molecular weight is 216 g/mol. The molecule has 0 fully saturated rings. The third-order valence-electron chi connectivity index (χ3n) is 1.29. The number of carboxylic acids is 1. The molecule has 0 aromatic carbocycles. The predicted molar refractivity (Wildman–Crippen MR) is 55.7 cm³/mol. The Labute approximate surface area is 84.6 Å². The zero-order chi connectivity index (χ0) is 11.4. The van der Waals surface area contributed by atoms with Gasteiger partial charge in [-0.1, -0.05) is 26.2 Å². The smallest absolute Gasteiger partial charge is 0.333 e. The second kappa shape index (κ2) is 4.95. The highest BCUT2D eigenvalue weighted by Gasteiger charge is 2.18. The average Bonchev–Trinajstić information content (AvgIpc) is 1.97. The van der Waals surface area contributed by atoms with Gasteiger partial charge in [0.1, 0.15) is 0 Å². The first-order valence-corrected chi connectivity index (χ1v) is 8.00. The zero-order valence-corrected chi connectivity index (χ0v) is 9.79. The largest absolute Gasteiger partial charge is 0.481 e. The molecule has 80 valence electrons. The van der Waals surface area contributed by atoms with Crippen molar-refractivity contribution >= 4 is 20.0 Å². The monoisotopic (exact) mass is 216 g/mol. The maximum Gasteiger partial charge on any atom is 0.333 e. The van der Waals surface area contributed by atoms with Gasteiger partial charge in [-0.2, -0.15) is 0 Å². The minimum atomic E-state index is -1.44. The fourth-order valence-electron chi connectivity index (χ4n) is 0.639. The summed E-state index contributed by atoms with van der Waals surface area (Å²) in [5, 5.41) is 8.40. The number of hydrogen-bond acceptors (Lipinski definition) is 3. The minimum absolute atomic E-state index is 0.00394. The molecule has 0 spiro atoms. The number of esters is 1. The summed E-state index contributed by atoms with van der Waals surface area (Å²) in [6, 6.07) is 0. The van der Waals surface area contributed by atoms with Crippen molar-refractivity contribution in [3.63, 3.8) is 0 Å². The first kappa shape index (κ1) is 12.9. The van der Waals surface area contributed by atoms with Gasteiger partial charge in [-0.25, -0.2) is 4.79 Å². The summed E-state index contributed by atoms with van der Waals surface area (Å²) in [7, 11) is -1.44. The SMILES string of the molecule is C=C(CC(=O)O)C(=O)OC[Si](C)(C)C. The molecule has 0 unspecified atom stereocenters. The molecule has 0 aliphatic carbocycles. The number of ether oxygens (including phenoxy) is 1. The lowest BCUT2D eigenvalue weighted by atomic mass is 10.2. The van der Waals surface area contributed by atoms with Crippen molar-refractivity contribution in [1.82, 2.24) is 0 Å². The molecule has 0 heterocycles. The third-order valence-corrected chi connectivity index (χ3v) is 2.30. The summed E-state index contributed by atoms with van der Waals surface area (Å²) in [6.45, 7) is 9.52. The molecule has 4 nitrogen and oxygen atoms in total. The van der Waals surface area contributed by atoms with Gasteiger partial charge < -0.3 is 9.84 Å². The molecule has 0 aliphatic heterocycles. The van der Waals surface area contributed by atoms with Crippen LogP contribution in [0.3, 0.4) is 0 Å². The zero-order valence-electron chi connectivity index (χ0n) is 8.79. The molecule has 0 aliphatic rings. The Morgan fingerprint density at radius 1 is 1.36 bits per heavy atom. The molecule has 0 saturated carbocycles. The van der Waals surface area contributed by atoms with Crippen LogP contribution in [-0.4, -0.2) is 31.3 Å². The van der Waals surface area contributed by atoms with Crippen LogP contribution in [0.5, 0.6) is 0 Å². The number of carbonyl (C=O) groups excluding carboxylic acids is 1. The van der Waals surface area contributed by atoms with Gasteiger partial charge >= 0.3 is 11.9 Å². The van der Waals surface area contributed by atoms with Crippen LogP contribution in [0.4, 0.5) is 0 Å². The van der Waals surface area contributed by atoms with E-state index in [0.717, 1.165) is 0 Å². The summed E-state index contributed by atoms with van der Waals surface area (Å²) in [5.74, 6) is -1.67. The lowest BCUT2D eigenvalue weighted by Crippen LogP contribution is -2.30. The first-order chi connectivity index (χ1) is 6.22. The van der Waals surface area contributed by atoms with Crippen LogP contribution in [-0.2, 0) is 14.3 Å². The Hall–Kier alpha value is -1.10. The highest BCUT2D eigenvalue weighted by Crippen LogP contribution is 2.05. The molecule has 0 rings (SSSR count). The van der Waals surface area contributed by atoms with Gasteiger partial charge in [-0.15, -0.1) is 0 Å². The standard InChI is InChI=1S/C9H16O4Si/c1-7(5-8(10)11)9(12)13-6-14(2,3)4/h1,5-6H2,2-4H3,(H,10,11). The van der Waals surface area contributed by atoms with Gasteiger partial charge in [0.05, 0.1) is 20.7 Å². The van der Waals surface area contributed by atoms with E-state index in [1.54, 1.807) is 0 Å². The Balaban J connectivity index is 3.98. The predicted octanol–water partition coefficient (Wildman–Crippen LogP) is 1.44. The Morgan fingerprint density at radius 2 is 1.86 bits per heavy atom. The first-order valence-electron chi connectivity index (χ1n) is 4.29. The fourth-order valence-corrected chi connectivity index (χ4v) is 1.20. The number of carbonyl (C=O) groups is 2. The van der Waals surface area contributed by atoms with E-state index in [2.05, 4.69) is 26.2 Å². The highest BCUT2D eigenvalue weighted by molar-refractivity contribution is 6.76. The van der Waals surface area contributed by atoms with E-state index in [4.69, 9.17) is 9.84 Å². The number of hydrogen-bond donors (Lipinski definition) is 1. The van der Waals surface area contributed by atoms with Crippen LogP contribution in [0.15, 0.2) is 12.2 Å². The van der Waals surface area contributed by atoms with Gasteiger partial charge in [-0.3, -0.25) is 4.79 Å². The number of rotatable bonds is 5. The van der Waals surface area contributed by atoms with Crippen molar-refractivity contribution in [2.45, 2.75) is 26.1 Å². The molecule has 1 N–H and O–H groups in total. The fraction of sp³-hybridized carbons (Fsp3) is 0.556. The lowest BCUT2D eigenvalue weighted by Gasteiger charge is -2.15. The van der Waals surface area contributed by atoms with Crippen molar-refractivity contribution < 1.29 is 19.4 Å². The quantitative estimate of drug-likeness (QED) is 0.429. The van der Waals surface area contributed by atoms with Crippen molar-refractivity contribution in [3.05, 3.63) is 12.2 Å². The van der Waals surface area contributed by atoms with E-state index >= 15 is 0 Å². The summed E-state index contributed by atoms with van der Waals surface area (Å²) in [4.78, 5) is 21.4. The van der Waals surface area contributed by atoms with E-state index in [1.165, 1.54) is 0 Å². The van der Waals surface area contributed by atoms with Gasteiger partial charge in [-0.05, 0) is 0 Å². The molecular weight excluding hydrogens is 200 g/mol. The van der Waals surface area contributed by atoms with E-state index in [0.29, 0.717) is 6.23 Å². The maximum atomic E-state index is 11.2. The summed E-state index contributed by atoms with van der Waals surface area (Å²) >= 11 is 0. The van der Waals surface area contributed by atoms with Crippen LogP contribution in [0.2, 0.25) is 19.6 Å². The summed E-state index contributed by atoms with van der Waals surface area (Å²) in [6.07, 6.45) is 0.0367. The van der Waals surface area contributed by atoms with Crippen molar-refractivity contribution in [2.75, 3.05) is 6.23 Å². The molecule has 0 amide bonds. The Bertz CT molecular complexity index is 252. The maximum absolute atomic E-state index is 11.2. The van der Waals surface area contributed by atoms with Crippen molar-refractivity contribution in [2.24, 2.45) is 0 Å². The second-order valence-electron chi connectivity index (χ2n) is 4.31. The molecule has 0 atom stereocenters. The lowest BCUT2D eigenvalue weighted by molar-refractivity contribution is -0.141. The topological polar surface area (TPSA) is 63.6 Å². The number of carboxylic acid groups (broad SMARTS) is 1. The highest BCUT2D eigenvalue weighted by atomic mass is 28.3. The van der Waals surface area contributed by atoms with Crippen LogP contribution in [0.25, 0.3) is 0 Å². The van der Waals surface area contributed by atoms with Crippen LogP contribution in [0, 0.1) is 0 Å². The van der Waals surface area contributed by atoms with Crippen LogP contribution in [0.1, 0.15) is 6.42 Å². The normalized spacial score (nSPS) is 10.8. The van der Waals surface area contributed by atoms with Gasteiger partial charge in [0.25, 0.3) is 0 Å². The molecule has 0 bridgehead atoms. The molecule has 14 heavy (non-hydrogen) atoms. The van der Waals surface area contributed by atoms with E-state index in [9.17, 15) is 9.59 Å². The van der Waals surface area contributed by atoms with Gasteiger partial charge in [0.15, 0.2) is 0 Å². The third kappa shape index (κ3) is 6.42. The Kier molecular flexibility index (Phi) is 4.56. The molecule has 0 saturated heterocycles. The second-order valence-corrected chi connectivity index (χ2v) is 9.72. The summed E-state index contributed by atoms with van der Waals surface area (Å²) < 4.78 is 4.93.